The fourth-order valence-electron chi connectivity index (χ4n) is 3.24. The number of hydrogen-bond acceptors (Lipinski definition) is 4. The third kappa shape index (κ3) is 2.93. The Kier molecular flexibility index (Phi) is 4.37. The van der Waals surface area contributed by atoms with Gasteiger partial charge in [0.2, 0.25) is 0 Å². The minimum atomic E-state index is -0.192. The molecule has 0 unspecified atom stereocenters. The topological polar surface area (TPSA) is 67.2 Å². The van der Waals surface area contributed by atoms with Crippen LogP contribution in [0.1, 0.15) is 18.4 Å². The summed E-state index contributed by atoms with van der Waals surface area (Å²) in [5.74, 6) is 0.660. The minimum Gasteiger partial charge on any atom is -0.392 e. The number of pyridine rings is 2. The summed E-state index contributed by atoms with van der Waals surface area (Å²) in [7, 11) is 0. The van der Waals surface area contributed by atoms with Crippen molar-refractivity contribution in [2.45, 2.75) is 19.4 Å². The highest BCUT2D eigenvalue weighted by atomic mass is 16.3. The number of aliphatic hydroxyl groups excluding tert-OH is 1. The Hall–Kier alpha value is -3.18. The molecule has 26 heavy (non-hydrogen) atoms. The van der Waals surface area contributed by atoms with Gasteiger partial charge in [-0.3, -0.25) is 14.3 Å². The van der Waals surface area contributed by atoms with Crippen LogP contribution in [0, 0.1) is 0 Å². The first-order chi connectivity index (χ1) is 12.8. The zero-order valence-electron chi connectivity index (χ0n) is 14.2. The summed E-state index contributed by atoms with van der Waals surface area (Å²) < 4.78 is 1.97. The molecule has 0 fully saturated rings. The summed E-state index contributed by atoms with van der Waals surface area (Å²) in [6, 6.07) is 11.4. The lowest BCUT2D eigenvalue weighted by atomic mass is 10.1. The predicted octanol–water partition coefficient (Wildman–Crippen LogP) is 3.52. The Morgan fingerprint density at radius 1 is 1.15 bits per heavy atom. The first-order valence-corrected chi connectivity index (χ1v) is 8.60. The fourth-order valence-corrected chi connectivity index (χ4v) is 3.24. The van der Waals surface area contributed by atoms with Gasteiger partial charge in [0, 0.05) is 35.4 Å². The molecule has 0 radical (unpaired) electrons. The van der Waals surface area contributed by atoms with Crippen molar-refractivity contribution in [3.05, 3.63) is 88.5 Å². The highest BCUT2D eigenvalue weighted by Crippen LogP contribution is 2.26. The Labute approximate surface area is 150 Å². The summed E-state index contributed by atoms with van der Waals surface area (Å²) in [6.07, 6.45) is 11.4. The van der Waals surface area contributed by atoms with E-state index in [0.717, 1.165) is 24.2 Å². The van der Waals surface area contributed by atoms with Gasteiger partial charge < -0.3 is 10.4 Å². The van der Waals surface area contributed by atoms with Gasteiger partial charge in [0.1, 0.15) is 5.82 Å². The highest BCUT2D eigenvalue weighted by molar-refractivity contribution is 5.85. The van der Waals surface area contributed by atoms with Crippen LogP contribution in [0.3, 0.4) is 0 Å². The second-order valence-electron chi connectivity index (χ2n) is 6.18. The monoisotopic (exact) mass is 345 g/mol. The maximum absolute atomic E-state index is 12.7. The fraction of sp³-hybridized carbons (Fsp3) is 0.143. The number of fused-ring (bicyclic) bond motifs is 1. The molecule has 4 rings (SSSR count). The Morgan fingerprint density at radius 3 is 2.73 bits per heavy atom. The van der Waals surface area contributed by atoms with Gasteiger partial charge in [-0.1, -0.05) is 30.4 Å². The van der Waals surface area contributed by atoms with Crippen LogP contribution in [0.25, 0.3) is 16.6 Å². The largest absolute Gasteiger partial charge is 0.392 e. The van der Waals surface area contributed by atoms with E-state index < -0.39 is 0 Å². The van der Waals surface area contributed by atoms with Crippen LogP contribution in [0.15, 0.2) is 77.5 Å². The van der Waals surface area contributed by atoms with Gasteiger partial charge in [0.15, 0.2) is 5.43 Å². The molecule has 1 aromatic carbocycles. The molecule has 3 aromatic rings. The maximum Gasteiger partial charge on any atom is 0.193 e. The van der Waals surface area contributed by atoms with Crippen molar-refractivity contribution in [3.8, 4) is 5.69 Å². The molecule has 0 atom stereocenters. The molecule has 0 spiro atoms. The number of allylic oxidation sites excluding steroid dienone is 3. The van der Waals surface area contributed by atoms with Crippen LogP contribution >= 0.6 is 0 Å². The minimum absolute atomic E-state index is 0.127. The summed E-state index contributed by atoms with van der Waals surface area (Å²) in [5, 5.41) is 13.7. The molecule has 0 saturated heterocycles. The Morgan fingerprint density at radius 2 is 2.00 bits per heavy atom. The van der Waals surface area contributed by atoms with E-state index in [1.807, 2.05) is 41.0 Å². The summed E-state index contributed by atoms with van der Waals surface area (Å²) in [6.45, 7) is -0.192. The lowest BCUT2D eigenvalue weighted by Crippen LogP contribution is -2.16. The van der Waals surface area contributed by atoms with Gasteiger partial charge in [0.25, 0.3) is 0 Å². The van der Waals surface area contributed by atoms with Gasteiger partial charge in [-0.25, -0.2) is 0 Å². The van der Waals surface area contributed by atoms with E-state index in [9.17, 15) is 9.90 Å². The second kappa shape index (κ2) is 6.98. The molecule has 2 heterocycles. The average molecular weight is 345 g/mol. The molecule has 0 aliphatic heterocycles. The number of hydrogen-bond donors (Lipinski definition) is 2. The molecule has 1 aliphatic rings. The number of benzene rings is 1. The highest BCUT2D eigenvalue weighted by Gasteiger charge is 2.15. The standard InChI is InChI=1S/C21H19N3O2/c25-14-15-12-22-13-18-19(26)11-20(23-16-7-3-1-4-8-16)24(21(15)18)17-9-5-2-6-10-17/h2-3,5-13,23,25H,1,4,14H2. The summed E-state index contributed by atoms with van der Waals surface area (Å²) in [5.41, 5.74) is 3.02. The van der Waals surface area contributed by atoms with E-state index >= 15 is 0 Å². The Balaban J connectivity index is 2.03. The van der Waals surface area contributed by atoms with Crippen LogP contribution in [0.2, 0.25) is 0 Å². The van der Waals surface area contributed by atoms with E-state index in [-0.39, 0.29) is 12.0 Å². The average Bonchev–Trinajstić information content (AvgIpc) is 2.69. The molecule has 5 heteroatoms. The number of para-hydroxylation sites is 1. The zero-order valence-corrected chi connectivity index (χ0v) is 14.2. The van der Waals surface area contributed by atoms with E-state index in [1.165, 1.54) is 0 Å². The van der Waals surface area contributed by atoms with Crippen LogP contribution in [-0.4, -0.2) is 14.7 Å². The van der Waals surface area contributed by atoms with Crippen LogP contribution in [0.4, 0.5) is 5.82 Å². The van der Waals surface area contributed by atoms with Crippen molar-refractivity contribution in [3.63, 3.8) is 0 Å². The predicted molar refractivity (Wildman–Crippen MR) is 103 cm³/mol. The molecule has 2 aromatic heterocycles. The third-order valence-electron chi connectivity index (χ3n) is 4.44. The summed E-state index contributed by atoms with van der Waals surface area (Å²) >= 11 is 0. The van der Waals surface area contributed by atoms with Crippen molar-refractivity contribution in [2.24, 2.45) is 0 Å². The van der Waals surface area contributed by atoms with Crippen molar-refractivity contribution < 1.29 is 5.11 Å². The van der Waals surface area contributed by atoms with Gasteiger partial charge in [-0.15, -0.1) is 0 Å². The number of aromatic nitrogens is 2. The van der Waals surface area contributed by atoms with Gasteiger partial charge in [0.05, 0.1) is 17.5 Å². The molecule has 1 aliphatic carbocycles. The van der Waals surface area contributed by atoms with Gasteiger partial charge in [-0.2, -0.15) is 0 Å². The van der Waals surface area contributed by atoms with E-state index in [1.54, 1.807) is 18.5 Å². The van der Waals surface area contributed by atoms with Crippen LogP contribution < -0.4 is 10.7 Å². The SMILES string of the molecule is O=c1cc(NC2=CCCC=C2)n(-c2ccccc2)c2c(CO)cncc12. The van der Waals surface area contributed by atoms with Crippen molar-refractivity contribution in [1.29, 1.82) is 0 Å². The number of nitrogens with one attached hydrogen (secondary N) is 1. The molecular formula is C21H19N3O2. The van der Waals surface area contributed by atoms with Gasteiger partial charge >= 0.3 is 0 Å². The number of anilines is 1. The normalized spacial score (nSPS) is 13.7. The lowest BCUT2D eigenvalue weighted by molar-refractivity contribution is 0.282. The first kappa shape index (κ1) is 16.3. The molecule has 5 nitrogen and oxygen atoms in total. The molecule has 0 saturated carbocycles. The van der Waals surface area contributed by atoms with E-state index in [2.05, 4.69) is 22.5 Å². The lowest BCUT2D eigenvalue weighted by Gasteiger charge is -2.20. The van der Waals surface area contributed by atoms with E-state index in [4.69, 9.17) is 0 Å². The zero-order chi connectivity index (χ0) is 17.9. The molecule has 0 amide bonds. The molecule has 130 valence electrons. The third-order valence-corrected chi connectivity index (χ3v) is 4.44. The Bertz CT molecular complexity index is 1070. The smallest absolute Gasteiger partial charge is 0.193 e. The van der Waals surface area contributed by atoms with E-state index in [0.29, 0.717) is 22.3 Å². The summed E-state index contributed by atoms with van der Waals surface area (Å²) in [4.78, 5) is 16.8. The number of nitrogens with zero attached hydrogens (tertiary/aromatic N) is 2. The van der Waals surface area contributed by atoms with Crippen molar-refractivity contribution in [1.82, 2.24) is 9.55 Å². The van der Waals surface area contributed by atoms with Crippen LogP contribution in [-0.2, 0) is 6.61 Å². The molecule has 2 N–H and O–H groups in total. The van der Waals surface area contributed by atoms with Crippen molar-refractivity contribution >= 4 is 16.7 Å². The molecular weight excluding hydrogens is 326 g/mol. The second-order valence-corrected chi connectivity index (χ2v) is 6.18. The van der Waals surface area contributed by atoms with Gasteiger partial charge in [-0.05, 0) is 31.1 Å². The van der Waals surface area contributed by atoms with Crippen LogP contribution in [0.5, 0.6) is 0 Å². The van der Waals surface area contributed by atoms with Crippen molar-refractivity contribution in [2.75, 3.05) is 5.32 Å². The number of aliphatic hydroxyl groups is 1. The quantitative estimate of drug-likeness (QED) is 0.759. The maximum atomic E-state index is 12.7. The molecule has 0 bridgehead atoms. The number of rotatable bonds is 4. The first-order valence-electron chi connectivity index (χ1n) is 8.60.